The molecule has 19 heavy (non-hydrogen) atoms. The Morgan fingerprint density at radius 2 is 2.00 bits per heavy atom. The lowest BCUT2D eigenvalue weighted by molar-refractivity contribution is -0.215. The summed E-state index contributed by atoms with van der Waals surface area (Å²) >= 11 is 0. The lowest BCUT2D eigenvalue weighted by atomic mass is 9.98. The Bertz CT molecular complexity index is 318. The maximum Gasteiger partial charge on any atom is 0.414 e. The molecule has 0 aromatic carbocycles. The first-order valence-electron chi connectivity index (χ1n) is 6.23. The van der Waals surface area contributed by atoms with E-state index < -0.39 is 23.8 Å². The van der Waals surface area contributed by atoms with Crippen molar-refractivity contribution in [3.05, 3.63) is 0 Å². The Balaban J connectivity index is 2.46. The van der Waals surface area contributed by atoms with Gasteiger partial charge in [0.1, 0.15) is 5.54 Å². The van der Waals surface area contributed by atoms with E-state index in [0.717, 1.165) is 19.8 Å². The number of esters is 1. The van der Waals surface area contributed by atoms with Gasteiger partial charge in [-0.05, 0) is 33.1 Å². The van der Waals surface area contributed by atoms with Crippen molar-refractivity contribution in [2.75, 3.05) is 13.7 Å². The van der Waals surface area contributed by atoms with Crippen molar-refractivity contribution in [3.8, 4) is 0 Å². The highest BCUT2D eigenvalue weighted by Gasteiger charge is 2.41. The van der Waals surface area contributed by atoms with Gasteiger partial charge in [0.2, 0.25) is 0 Å². The number of hydrogen-bond acceptors (Lipinski definition) is 4. The van der Waals surface area contributed by atoms with Crippen molar-refractivity contribution in [1.29, 1.82) is 0 Å². The number of halogens is 3. The van der Waals surface area contributed by atoms with Crippen molar-refractivity contribution in [2.24, 2.45) is 0 Å². The summed E-state index contributed by atoms with van der Waals surface area (Å²) in [5.74, 6) is -0.484. The van der Waals surface area contributed by atoms with Gasteiger partial charge in [0.25, 0.3) is 0 Å². The van der Waals surface area contributed by atoms with Gasteiger partial charge in [-0.25, -0.2) is 0 Å². The molecule has 0 saturated heterocycles. The van der Waals surface area contributed by atoms with E-state index in [4.69, 9.17) is 4.74 Å². The highest BCUT2D eigenvalue weighted by Crippen LogP contribution is 2.26. The lowest BCUT2D eigenvalue weighted by Crippen LogP contribution is -2.52. The first-order valence-corrected chi connectivity index (χ1v) is 6.23. The van der Waals surface area contributed by atoms with Crippen LogP contribution < -0.4 is 5.32 Å². The summed E-state index contributed by atoms with van der Waals surface area (Å²) in [5, 5.41) is 3.09. The lowest BCUT2D eigenvalue weighted by Gasteiger charge is -2.28. The van der Waals surface area contributed by atoms with Crippen molar-refractivity contribution >= 4 is 5.97 Å². The van der Waals surface area contributed by atoms with Gasteiger partial charge < -0.3 is 9.47 Å². The maximum atomic E-state index is 12.3. The Kier molecular flexibility index (Phi) is 5.20. The average molecular weight is 283 g/mol. The van der Waals surface area contributed by atoms with Crippen LogP contribution in [0, 0.1) is 0 Å². The Morgan fingerprint density at radius 1 is 1.42 bits per heavy atom. The van der Waals surface area contributed by atoms with E-state index in [1.165, 1.54) is 7.11 Å². The van der Waals surface area contributed by atoms with E-state index in [1.54, 1.807) is 6.92 Å². The molecular formula is C12H20F3NO3. The minimum atomic E-state index is -4.38. The van der Waals surface area contributed by atoms with Crippen LogP contribution in [0.1, 0.15) is 33.1 Å². The Hall–Kier alpha value is -0.820. The highest BCUT2D eigenvalue weighted by atomic mass is 19.4. The molecule has 1 aliphatic rings. The number of nitrogens with one attached hydrogen (secondary N) is 1. The van der Waals surface area contributed by atoms with Gasteiger partial charge in [-0.2, -0.15) is 13.2 Å². The highest BCUT2D eigenvalue weighted by molar-refractivity contribution is 5.80. The minimum absolute atomic E-state index is 0.136. The summed E-state index contributed by atoms with van der Waals surface area (Å²) in [6.45, 7) is 2.41. The summed E-state index contributed by atoms with van der Waals surface area (Å²) in [4.78, 5) is 11.7. The average Bonchev–Trinajstić information content (AvgIpc) is 3.10. The SMILES string of the molecule is COC(=O)C(C)(CCOC(C)C(F)(F)F)NC1CC1. The molecule has 112 valence electrons. The smallest absolute Gasteiger partial charge is 0.414 e. The molecule has 1 rings (SSSR count). The molecule has 2 unspecified atom stereocenters. The van der Waals surface area contributed by atoms with Crippen molar-refractivity contribution in [2.45, 2.75) is 57.0 Å². The van der Waals surface area contributed by atoms with Crippen LogP contribution in [0.4, 0.5) is 13.2 Å². The van der Waals surface area contributed by atoms with Gasteiger partial charge in [0.15, 0.2) is 6.10 Å². The molecule has 1 fully saturated rings. The van der Waals surface area contributed by atoms with Crippen LogP contribution in [0.5, 0.6) is 0 Å². The molecule has 0 aromatic heterocycles. The zero-order valence-corrected chi connectivity index (χ0v) is 11.3. The molecule has 0 aromatic rings. The Morgan fingerprint density at radius 3 is 2.42 bits per heavy atom. The molecule has 2 atom stereocenters. The van der Waals surface area contributed by atoms with Crippen molar-refractivity contribution < 1.29 is 27.4 Å². The molecular weight excluding hydrogens is 263 g/mol. The van der Waals surface area contributed by atoms with E-state index in [1.807, 2.05) is 0 Å². The van der Waals surface area contributed by atoms with E-state index in [9.17, 15) is 18.0 Å². The second-order valence-electron chi connectivity index (χ2n) is 5.05. The molecule has 1 aliphatic carbocycles. The van der Waals surface area contributed by atoms with E-state index in [2.05, 4.69) is 10.1 Å². The van der Waals surface area contributed by atoms with Crippen LogP contribution in [0.2, 0.25) is 0 Å². The fraction of sp³-hybridized carbons (Fsp3) is 0.917. The first-order chi connectivity index (χ1) is 8.69. The number of ether oxygens (including phenoxy) is 2. The third-order valence-electron chi connectivity index (χ3n) is 3.17. The fourth-order valence-corrected chi connectivity index (χ4v) is 1.67. The number of carbonyl (C=O) groups is 1. The molecule has 0 bridgehead atoms. The molecule has 0 radical (unpaired) electrons. The van der Waals surface area contributed by atoms with Gasteiger partial charge >= 0.3 is 12.1 Å². The summed E-state index contributed by atoms with van der Waals surface area (Å²) < 4.78 is 46.3. The van der Waals surface area contributed by atoms with E-state index in [0.29, 0.717) is 0 Å². The number of methoxy groups -OCH3 is 1. The second kappa shape index (κ2) is 6.09. The molecule has 0 aliphatic heterocycles. The number of alkyl halides is 3. The van der Waals surface area contributed by atoms with Gasteiger partial charge in [-0.15, -0.1) is 0 Å². The second-order valence-corrected chi connectivity index (χ2v) is 5.05. The molecule has 0 amide bonds. The fourth-order valence-electron chi connectivity index (χ4n) is 1.67. The van der Waals surface area contributed by atoms with Crippen molar-refractivity contribution in [1.82, 2.24) is 5.32 Å². The predicted octanol–water partition coefficient (Wildman–Crippen LogP) is 2.03. The normalized spacial score (nSPS) is 20.7. The molecule has 0 spiro atoms. The third kappa shape index (κ3) is 4.99. The van der Waals surface area contributed by atoms with Gasteiger partial charge in [0.05, 0.1) is 7.11 Å². The minimum Gasteiger partial charge on any atom is -0.468 e. The Labute approximate surface area is 110 Å². The van der Waals surface area contributed by atoms with Gasteiger partial charge in [-0.1, -0.05) is 0 Å². The molecule has 1 saturated carbocycles. The van der Waals surface area contributed by atoms with Crippen LogP contribution in [0.15, 0.2) is 0 Å². The van der Waals surface area contributed by atoms with Gasteiger partial charge in [-0.3, -0.25) is 10.1 Å². The first kappa shape index (κ1) is 16.2. The monoisotopic (exact) mass is 283 g/mol. The summed E-state index contributed by atoms with van der Waals surface area (Å²) in [7, 11) is 1.26. The van der Waals surface area contributed by atoms with Crippen molar-refractivity contribution in [3.63, 3.8) is 0 Å². The molecule has 1 N–H and O–H groups in total. The third-order valence-corrected chi connectivity index (χ3v) is 3.17. The van der Waals surface area contributed by atoms with Crippen LogP contribution in [0.3, 0.4) is 0 Å². The standard InChI is InChI=1S/C12H20F3NO3/c1-8(12(13,14)15)19-7-6-11(2,10(17)18-3)16-9-4-5-9/h8-9,16H,4-7H2,1-3H3. The number of carbonyl (C=O) groups excluding carboxylic acids is 1. The molecule has 7 heteroatoms. The van der Waals surface area contributed by atoms with E-state index in [-0.39, 0.29) is 19.1 Å². The largest absolute Gasteiger partial charge is 0.468 e. The summed E-state index contributed by atoms with van der Waals surface area (Å²) in [6, 6.07) is 0.240. The topological polar surface area (TPSA) is 47.6 Å². The van der Waals surface area contributed by atoms with Crippen LogP contribution in [-0.2, 0) is 14.3 Å². The van der Waals surface area contributed by atoms with Crippen LogP contribution >= 0.6 is 0 Å². The zero-order chi connectivity index (χ0) is 14.7. The van der Waals surface area contributed by atoms with Gasteiger partial charge in [0, 0.05) is 12.6 Å². The maximum absolute atomic E-state index is 12.3. The quantitative estimate of drug-likeness (QED) is 0.726. The van der Waals surface area contributed by atoms with Crippen LogP contribution in [0.25, 0.3) is 0 Å². The summed E-state index contributed by atoms with van der Waals surface area (Å²) in [6.07, 6.45) is -4.16. The predicted molar refractivity (Wildman–Crippen MR) is 62.7 cm³/mol. The molecule has 4 nitrogen and oxygen atoms in total. The number of hydrogen-bond donors (Lipinski definition) is 1. The van der Waals surface area contributed by atoms with E-state index >= 15 is 0 Å². The molecule has 0 heterocycles. The van der Waals surface area contributed by atoms with Crippen LogP contribution in [-0.4, -0.2) is 43.5 Å². The number of rotatable bonds is 7. The zero-order valence-electron chi connectivity index (χ0n) is 11.3. The summed E-state index contributed by atoms with van der Waals surface area (Å²) in [5.41, 5.74) is -0.999.